The zero-order valence-electron chi connectivity index (χ0n) is 13.3. The van der Waals surface area contributed by atoms with Gasteiger partial charge < -0.3 is 16.4 Å². The summed E-state index contributed by atoms with van der Waals surface area (Å²) in [5.41, 5.74) is 7.14. The molecule has 1 heterocycles. The molecule has 0 fully saturated rings. The monoisotopic (exact) mass is 316 g/mol. The zero-order valence-corrected chi connectivity index (χ0v) is 13.3. The second-order valence-electron chi connectivity index (χ2n) is 5.33. The fraction of sp³-hybridized carbons (Fsp3) is 0.333. The minimum atomic E-state index is -0.583. The van der Waals surface area contributed by atoms with E-state index in [0.29, 0.717) is 5.69 Å². The van der Waals surface area contributed by atoms with Gasteiger partial charge in [0.05, 0.1) is 4.92 Å². The number of nitrogen functional groups attached to an aromatic ring is 1. The van der Waals surface area contributed by atoms with Crippen LogP contribution in [-0.4, -0.2) is 20.9 Å². The van der Waals surface area contributed by atoms with E-state index in [-0.39, 0.29) is 29.3 Å². The third kappa shape index (κ3) is 4.06. The molecule has 0 saturated carbocycles. The normalized spacial score (nSPS) is 11.8. The molecule has 1 aromatic heterocycles. The Bertz CT molecular complexity index is 719. The first-order valence-electron chi connectivity index (χ1n) is 7.32. The van der Waals surface area contributed by atoms with E-state index in [1.165, 1.54) is 0 Å². The molecule has 2 aromatic rings. The van der Waals surface area contributed by atoms with Gasteiger partial charge in [-0.15, -0.1) is 0 Å². The van der Waals surface area contributed by atoms with Crippen LogP contribution >= 0.6 is 0 Å². The lowest BCUT2D eigenvalue weighted by atomic mass is 10.2. The molecule has 4 N–H and O–H groups in total. The van der Waals surface area contributed by atoms with Gasteiger partial charge in [-0.25, -0.2) is 0 Å². The molecule has 0 bridgehead atoms. The summed E-state index contributed by atoms with van der Waals surface area (Å²) < 4.78 is 0. The van der Waals surface area contributed by atoms with Crippen LogP contribution in [0.1, 0.15) is 25.8 Å². The third-order valence-electron chi connectivity index (χ3n) is 3.36. The topological polar surface area (TPSA) is 119 Å². The van der Waals surface area contributed by atoms with E-state index in [2.05, 4.69) is 20.6 Å². The summed E-state index contributed by atoms with van der Waals surface area (Å²) in [7, 11) is 0. The Hall–Kier alpha value is -2.90. The highest BCUT2D eigenvalue weighted by Crippen LogP contribution is 2.31. The van der Waals surface area contributed by atoms with Crippen LogP contribution in [0, 0.1) is 17.0 Å². The van der Waals surface area contributed by atoms with Crippen LogP contribution in [0.25, 0.3) is 0 Å². The molecule has 1 atom stereocenters. The molecular weight excluding hydrogens is 296 g/mol. The number of nitrogens with one attached hydrogen (secondary N) is 2. The number of anilines is 4. The van der Waals surface area contributed by atoms with Crippen LogP contribution < -0.4 is 16.4 Å². The largest absolute Gasteiger partial charge is 0.378 e. The predicted molar refractivity (Wildman–Crippen MR) is 90.9 cm³/mol. The maximum Gasteiger partial charge on any atom is 0.353 e. The van der Waals surface area contributed by atoms with E-state index in [1.807, 2.05) is 39.0 Å². The SMILES string of the molecule is CC[C@@H](C)Nc1nc(N)c([N+](=O)[O-])c(Nc2cccc(C)c2)n1. The Balaban J connectivity index is 2.43. The summed E-state index contributed by atoms with van der Waals surface area (Å²) in [6, 6.07) is 7.58. The smallest absolute Gasteiger partial charge is 0.353 e. The average molecular weight is 316 g/mol. The summed E-state index contributed by atoms with van der Waals surface area (Å²) in [6.07, 6.45) is 0.862. The molecule has 0 aliphatic carbocycles. The van der Waals surface area contributed by atoms with Gasteiger partial charge in [0.2, 0.25) is 17.6 Å². The van der Waals surface area contributed by atoms with Gasteiger partial charge in [-0.05, 0) is 38.0 Å². The summed E-state index contributed by atoms with van der Waals surface area (Å²) in [4.78, 5) is 18.9. The van der Waals surface area contributed by atoms with Crippen LogP contribution in [-0.2, 0) is 0 Å². The van der Waals surface area contributed by atoms with E-state index < -0.39 is 4.92 Å². The Labute approximate surface area is 134 Å². The van der Waals surface area contributed by atoms with E-state index in [9.17, 15) is 10.1 Å². The van der Waals surface area contributed by atoms with Gasteiger partial charge in [0.25, 0.3) is 0 Å². The summed E-state index contributed by atoms with van der Waals surface area (Å²) in [5, 5.41) is 17.3. The van der Waals surface area contributed by atoms with Gasteiger partial charge in [0, 0.05) is 11.7 Å². The zero-order chi connectivity index (χ0) is 17.0. The van der Waals surface area contributed by atoms with Crippen LogP contribution in [0.15, 0.2) is 24.3 Å². The fourth-order valence-corrected chi connectivity index (χ4v) is 1.99. The van der Waals surface area contributed by atoms with Crippen LogP contribution in [0.5, 0.6) is 0 Å². The van der Waals surface area contributed by atoms with E-state index >= 15 is 0 Å². The molecule has 0 amide bonds. The average Bonchev–Trinajstić information content (AvgIpc) is 2.46. The first-order valence-corrected chi connectivity index (χ1v) is 7.32. The molecule has 0 saturated heterocycles. The van der Waals surface area contributed by atoms with Gasteiger partial charge in [0.15, 0.2) is 0 Å². The van der Waals surface area contributed by atoms with Crippen LogP contribution in [0.4, 0.5) is 29.0 Å². The Kier molecular flexibility index (Phi) is 4.95. The number of benzene rings is 1. The Morgan fingerprint density at radius 2 is 2.13 bits per heavy atom. The first-order chi connectivity index (χ1) is 10.9. The minimum Gasteiger partial charge on any atom is -0.378 e. The van der Waals surface area contributed by atoms with E-state index in [0.717, 1.165) is 12.0 Å². The maximum absolute atomic E-state index is 11.3. The van der Waals surface area contributed by atoms with Crippen molar-refractivity contribution in [1.82, 2.24) is 9.97 Å². The molecule has 0 aliphatic rings. The van der Waals surface area contributed by atoms with Gasteiger partial charge >= 0.3 is 5.69 Å². The molecule has 23 heavy (non-hydrogen) atoms. The van der Waals surface area contributed by atoms with E-state index in [4.69, 9.17) is 5.73 Å². The molecule has 0 radical (unpaired) electrons. The molecule has 1 aromatic carbocycles. The lowest BCUT2D eigenvalue weighted by Crippen LogP contribution is -2.17. The fourth-order valence-electron chi connectivity index (χ4n) is 1.99. The molecule has 0 spiro atoms. The molecule has 8 heteroatoms. The number of hydrogen-bond donors (Lipinski definition) is 3. The predicted octanol–water partition coefficient (Wildman–Crippen LogP) is 3.23. The highest BCUT2D eigenvalue weighted by molar-refractivity contribution is 5.74. The van der Waals surface area contributed by atoms with Crippen molar-refractivity contribution >= 4 is 29.0 Å². The minimum absolute atomic E-state index is 0.0684. The number of nitrogens with two attached hydrogens (primary N) is 1. The standard InChI is InChI=1S/C15H20N6O2/c1-4-10(3)17-15-19-13(16)12(21(22)23)14(20-15)18-11-7-5-6-9(2)8-11/h5-8,10H,4H2,1-3H3,(H4,16,17,18,19,20)/t10-/m1/s1. The molecule has 0 unspecified atom stereocenters. The molecule has 2 rings (SSSR count). The molecule has 122 valence electrons. The molecular formula is C15H20N6O2. The molecule has 0 aliphatic heterocycles. The van der Waals surface area contributed by atoms with Crippen molar-refractivity contribution in [2.75, 3.05) is 16.4 Å². The lowest BCUT2D eigenvalue weighted by molar-refractivity contribution is -0.383. The Morgan fingerprint density at radius 3 is 2.74 bits per heavy atom. The second-order valence-corrected chi connectivity index (χ2v) is 5.33. The quantitative estimate of drug-likeness (QED) is 0.553. The number of nitrogens with zero attached hydrogens (tertiary/aromatic N) is 3. The number of nitro groups is 1. The highest BCUT2D eigenvalue weighted by atomic mass is 16.6. The van der Waals surface area contributed by atoms with Crippen molar-refractivity contribution in [2.24, 2.45) is 0 Å². The van der Waals surface area contributed by atoms with Crippen LogP contribution in [0.2, 0.25) is 0 Å². The van der Waals surface area contributed by atoms with Gasteiger partial charge in [-0.2, -0.15) is 9.97 Å². The number of rotatable bonds is 6. The number of hydrogen-bond acceptors (Lipinski definition) is 7. The van der Waals surface area contributed by atoms with Gasteiger partial charge in [-0.1, -0.05) is 19.1 Å². The highest BCUT2D eigenvalue weighted by Gasteiger charge is 2.23. The van der Waals surface area contributed by atoms with Gasteiger partial charge in [0.1, 0.15) is 0 Å². The van der Waals surface area contributed by atoms with Crippen molar-refractivity contribution in [2.45, 2.75) is 33.2 Å². The Morgan fingerprint density at radius 1 is 1.39 bits per heavy atom. The second kappa shape index (κ2) is 6.91. The van der Waals surface area contributed by atoms with Gasteiger partial charge in [-0.3, -0.25) is 10.1 Å². The van der Waals surface area contributed by atoms with Crippen molar-refractivity contribution in [1.29, 1.82) is 0 Å². The first kappa shape index (κ1) is 16.5. The van der Waals surface area contributed by atoms with Crippen molar-refractivity contribution in [3.63, 3.8) is 0 Å². The third-order valence-corrected chi connectivity index (χ3v) is 3.36. The maximum atomic E-state index is 11.3. The summed E-state index contributed by atoms with van der Waals surface area (Å²) >= 11 is 0. The number of aromatic nitrogens is 2. The summed E-state index contributed by atoms with van der Waals surface area (Å²) in [5.74, 6) is 0.155. The van der Waals surface area contributed by atoms with Crippen molar-refractivity contribution in [3.8, 4) is 0 Å². The van der Waals surface area contributed by atoms with E-state index in [1.54, 1.807) is 6.07 Å². The summed E-state index contributed by atoms with van der Waals surface area (Å²) in [6.45, 7) is 5.91. The van der Waals surface area contributed by atoms with Crippen molar-refractivity contribution in [3.05, 3.63) is 39.9 Å². The van der Waals surface area contributed by atoms with Crippen LogP contribution in [0.3, 0.4) is 0 Å². The number of aryl methyl sites for hydroxylation is 1. The van der Waals surface area contributed by atoms with Crippen molar-refractivity contribution < 1.29 is 4.92 Å². The lowest BCUT2D eigenvalue weighted by Gasteiger charge is -2.14. The molecule has 8 nitrogen and oxygen atoms in total.